The minimum atomic E-state index is -0.777. The zero-order valence-electron chi connectivity index (χ0n) is 8.73. The summed E-state index contributed by atoms with van der Waals surface area (Å²) < 4.78 is 0. The summed E-state index contributed by atoms with van der Waals surface area (Å²) in [6.07, 6.45) is 3.85. The van der Waals surface area contributed by atoms with Gasteiger partial charge in [0.25, 0.3) is 0 Å². The SMILES string of the molecule is Cc1ccccc1/C=C(\C(=O)O)C1CC1. The van der Waals surface area contributed by atoms with Gasteiger partial charge in [0.2, 0.25) is 0 Å². The van der Waals surface area contributed by atoms with E-state index in [2.05, 4.69) is 0 Å². The number of aliphatic carboxylic acids is 1. The van der Waals surface area contributed by atoms with Crippen molar-refractivity contribution in [3.05, 3.63) is 41.0 Å². The predicted octanol–water partition coefficient (Wildman–Crippen LogP) is 2.87. The molecular formula is C13H14O2. The van der Waals surface area contributed by atoms with Crippen molar-refractivity contribution in [3.8, 4) is 0 Å². The highest BCUT2D eigenvalue weighted by Crippen LogP contribution is 2.37. The third kappa shape index (κ3) is 2.27. The van der Waals surface area contributed by atoms with E-state index in [0.717, 1.165) is 24.0 Å². The molecule has 1 fully saturated rings. The van der Waals surface area contributed by atoms with Crippen molar-refractivity contribution in [1.82, 2.24) is 0 Å². The summed E-state index contributed by atoms with van der Waals surface area (Å²) in [5.41, 5.74) is 2.70. The van der Waals surface area contributed by atoms with Crippen molar-refractivity contribution in [2.45, 2.75) is 19.8 Å². The Labute approximate surface area is 89.2 Å². The van der Waals surface area contributed by atoms with Gasteiger partial charge < -0.3 is 5.11 Å². The molecule has 1 aromatic carbocycles. The van der Waals surface area contributed by atoms with E-state index in [0.29, 0.717) is 5.57 Å². The van der Waals surface area contributed by atoms with E-state index >= 15 is 0 Å². The Kier molecular flexibility index (Phi) is 2.58. The maximum absolute atomic E-state index is 11.0. The van der Waals surface area contributed by atoms with Crippen molar-refractivity contribution in [3.63, 3.8) is 0 Å². The second-order valence-electron chi connectivity index (χ2n) is 4.04. The van der Waals surface area contributed by atoms with Crippen molar-refractivity contribution < 1.29 is 9.90 Å². The normalized spacial score (nSPS) is 16.5. The molecule has 78 valence electrons. The third-order valence-corrected chi connectivity index (χ3v) is 2.76. The van der Waals surface area contributed by atoms with E-state index in [1.54, 1.807) is 0 Å². The first-order valence-electron chi connectivity index (χ1n) is 5.19. The van der Waals surface area contributed by atoms with E-state index in [1.807, 2.05) is 37.3 Å². The smallest absolute Gasteiger partial charge is 0.331 e. The molecule has 0 heterocycles. The lowest BCUT2D eigenvalue weighted by atomic mass is 10.0. The molecule has 1 aromatic rings. The second-order valence-corrected chi connectivity index (χ2v) is 4.04. The molecule has 2 rings (SSSR count). The van der Waals surface area contributed by atoms with E-state index in [4.69, 9.17) is 5.11 Å². The molecule has 0 bridgehead atoms. The summed E-state index contributed by atoms with van der Waals surface area (Å²) in [6, 6.07) is 7.86. The van der Waals surface area contributed by atoms with Crippen LogP contribution >= 0.6 is 0 Å². The van der Waals surface area contributed by atoms with Crippen LogP contribution in [-0.4, -0.2) is 11.1 Å². The van der Waals surface area contributed by atoms with Gasteiger partial charge in [-0.05, 0) is 42.9 Å². The Bertz CT molecular complexity index is 414. The molecule has 0 spiro atoms. The van der Waals surface area contributed by atoms with Crippen LogP contribution in [0.4, 0.5) is 0 Å². The summed E-state index contributed by atoms with van der Waals surface area (Å²) in [5, 5.41) is 9.07. The molecule has 0 radical (unpaired) electrons. The van der Waals surface area contributed by atoms with Crippen molar-refractivity contribution in [2.75, 3.05) is 0 Å². The van der Waals surface area contributed by atoms with Crippen LogP contribution in [0.3, 0.4) is 0 Å². The van der Waals surface area contributed by atoms with Crippen molar-refractivity contribution in [1.29, 1.82) is 0 Å². The van der Waals surface area contributed by atoms with Crippen molar-refractivity contribution >= 4 is 12.0 Å². The Balaban J connectivity index is 2.34. The summed E-state index contributed by atoms with van der Waals surface area (Å²) in [4.78, 5) is 11.0. The number of rotatable bonds is 3. The highest BCUT2D eigenvalue weighted by Gasteiger charge is 2.30. The number of carboxylic acids is 1. The molecule has 1 aliphatic rings. The van der Waals surface area contributed by atoms with E-state index in [9.17, 15) is 4.79 Å². The summed E-state index contributed by atoms with van der Waals surface area (Å²) in [5.74, 6) is -0.497. The van der Waals surface area contributed by atoms with Crippen LogP contribution in [0.15, 0.2) is 29.8 Å². The first-order chi connectivity index (χ1) is 7.18. The molecule has 1 N–H and O–H groups in total. The molecule has 2 heteroatoms. The monoisotopic (exact) mass is 202 g/mol. The molecule has 0 unspecified atom stereocenters. The molecule has 1 saturated carbocycles. The van der Waals surface area contributed by atoms with Gasteiger partial charge in [0.1, 0.15) is 0 Å². The Morgan fingerprint density at radius 3 is 2.60 bits per heavy atom. The lowest BCUT2D eigenvalue weighted by Gasteiger charge is -2.02. The Morgan fingerprint density at radius 2 is 2.07 bits per heavy atom. The maximum Gasteiger partial charge on any atom is 0.331 e. The number of hydrogen-bond acceptors (Lipinski definition) is 1. The molecule has 0 aliphatic heterocycles. The minimum absolute atomic E-state index is 0.280. The average molecular weight is 202 g/mol. The fourth-order valence-corrected chi connectivity index (χ4v) is 1.66. The number of carboxylic acid groups (broad SMARTS) is 1. The van der Waals surface area contributed by atoms with Gasteiger partial charge in [0.15, 0.2) is 0 Å². The van der Waals surface area contributed by atoms with Gasteiger partial charge in [-0.3, -0.25) is 0 Å². The van der Waals surface area contributed by atoms with E-state index in [1.165, 1.54) is 0 Å². The molecule has 0 atom stereocenters. The number of hydrogen-bond donors (Lipinski definition) is 1. The lowest BCUT2D eigenvalue weighted by molar-refractivity contribution is -0.132. The quantitative estimate of drug-likeness (QED) is 0.765. The fourth-order valence-electron chi connectivity index (χ4n) is 1.66. The van der Waals surface area contributed by atoms with Crippen LogP contribution in [0.25, 0.3) is 6.08 Å². The van der Waals surface area contributed by atoms with Crippen LogP contribution in [-0.2, 0) is 4.79 Å². The zero-order valence-corrected chi connectivity index (χ0v) is 8.73. The topological polar surface area (TPSA) is 37.3 Å². The highest BCUT2D eigenvalue weighted by atomic mass is 16.4. The zero-order chi connectivity index (χ0) is 10.8. The maximum atomic E-state index is 11.0. The summed E-state index contributed by atoms with van der Waals surface area (Å²) in [6.45, 7) is 2.00. The Morgan fingerprint density at radius 1 is 1.40 bits per heavy atom. The van der Waals surface area contributed by atoms with Crippen LogP contribution in [0.1, 0.15) is 24.0 Å². The average Bonchev–Trinajstić information content (AvgIpc) is 2.99. The van der Waals surface area contributed by atoms with Gasteiger partial charge in [-0.15, -0.1) is 0 Å². The van der Waals surface area contributed by atoms with Crippen LogP contribution < -0.4 is 0 Å². The van der Waals surface area contributed by atoms with Gasteiger partial charge in [0, 0.05) is 5.57 Å². The fraction of sp³-hybridized carbons (Fsp3) is 0.308. The predicted molar refractivity (Wildman–Crippen MR) is 59.5 cm³/mol. The van der Waals surface area contributed by atoms with Gasteiger partial charge in [-0.25, -0.2) is 4.79 Å². The van der Waals surface area contributed by atoms with Gasteiger partial charge in [-0.2, -0.15) is 0 Å². The summed E-state index contributed by atoms with van der Waals surface area (Å²) >= 11 is 0. The Hall–Kier alpha value is -1.57. The number of carbonyl (C=O) groups is 1. The van der Waals surface area contributed by atoms with Gasteiger partial charge >= 0.3 is 5.97 Å². The molecule has 0 aromatic heterocycles. The van der Waals surface area contributed by atoms with E-state index in [-0.39, 0.29) is 5.92 Å². The molecule has 2 nitrogen and oxygen atoms in total. The largest absolute Gasteiger partial charge is 0.478 e. The van der Waals surface area contributed by atoms with Crippen molar-refractivity contribution in [2.24, 2.45) is 5.92 Å². The standard InChI is InChI=1S/C13H14O2/c1-9-4-2-3-5-11(9)8-12(13(14)15)10-6-7-10/h2-5,8,10H,6-7H2,1H3,(H,14,15)/b12-8-. The van der Waals surface area contributed by atoms with Gasteiger partial charge in [-0.1, -0.05) is 24.3 Å². The van der Waals surface area contributed by atoms with Crippen LogP contribution in [0.5, 0.6) is 0 Å². The third-order valence-electron chi connectivity index (χ3n) is 2.76. The second kappa shape index (κ2) is 3.89. The first kappa shape index (κ1) is 9.97. The first-order valence-corrected chi connectivity index (χ1v) is 5.19. The van der Waals surface area contributed by atoms with Crippen LogP contribution in [0, 0.1) is 12.8 Å². The van der Waals surface area contributed by atoms with Gasteiger partial charge in [0.05, 0.1) is 0 Å². The van der Waals surface area contributed by atoms with Crippen LogP contribution in [0.2, 0.25) is 0 Å². The molecule has 15 heavy (non-hydrogen) atoms. The minimum Gasteiger partial charge on any atom is -0.478 e. The molecule has 0 saturated heterocycles. The molecular weight excluding hydrogens is 188 g/mol. The molecule has 1 aliphatic carbocycles. The molecule has 0 amide bonds. The summed E-state index contributed by atoms with van der Waals surface area (Å²) in [7, 11) is 0. The lowest BCUT2D eigenvalue weighted by Crippen LogP contribution is -2.02. The highest BCUT2D eigenvalue weighted by molar-refractivity contribution is 5.93. The number of benzene rings is 1. The number of aryl methyl sites for hydroxylation is 1. The van der Waals surface area contributed by atoms with E-state index < -0.39 is 5.97 Å².